The molecule has 1 aromatic rings. The molecule has 0 saturated carbocycles. The van der Waals surface area contributed by atoms with Gasteiger partial charge in [-0.2, -0.15) is 0 Å². The van der Waals surface area contributed by atoms with Crippen molar-refractivity contribution in [1.82, 2.24) is 0 Å². The van der Waals surface area contributed by atoms with Crippen LogP contribution in [0.4, 0.5) is 0 Å². The Bertz CT molecular complexity index is 736. The van der Waals surface area contributed by atoms with Gasteiger partial charge in [-0.3, -0.25) is 4.79 Å². The molecule has 0 radical (unpaired) electrons. The second-order valence-electron chi connectivity index (χ2n) is 7.58. The SMILES string of the molecule is C/C=C/C(=O)C#CC/C=C(/C=C/c1ccccc1)O[Si](C)(C)C(C)(C)C. The molecule has 0 fully saturated rings. The summed E-state index contributed by atoms with van der Waals surface area (Å²) in [4.78, 5) is 11.4. The van der Waals surface area contributed by atoms with Crippen LogP contribution in [-0.4, -0.2) is 14.1 Å². The number of hydrogen-bond donors (Lipinski definition) is 0. The Morgan fingerprint density at radius 1 is 1.15 bits per heavy atom. The van der Waals surface area contributed by atoms with Gasteiger partial charge in [0.15, 0.2) is 0 Å². The van der Waals surface area contributed by atoms with Crippen LogP contribution >= 0.6 is 0 Å². The monoisotopic (exact) mass is 366 g/mol. The predicted octanol–water partition coefficient (Wildman–Crippen LogP) is 6.14. The van der Waals surface area contributed by atoms with Gasteiger partial charge in [0.2, 0.25) is 14.1 Å². The Morgan fingerprint density at radius 2 is 1.81 bits per heavy atom. The average molecular weight is 367 g/mol. The molecule has 0 atom stereocenters. The molecule has 138 valence electrons. The highest BCUT2D eigenvalue weighted by atomic mass is 28.4. The molecule has 0 aromatic heterocycles. The van der Waals surface area contributed by atoms with Crippen molar-refractivity contribution >= 4 is 20.2 Å². The number of carbonyl (C=O) groups is 1. The summed E-state index contributed by atoms with van der Waals surface area (Å²) in [7, 11) is -1.95. The van der Waals surface area contributed by atoms with E-state index in [-0.39, 0.29) is 10.8 Å². The lowest BCUT2D eigenvalue weighted by Crippen LogP contribution is -2.40. The van der Waals surface area contributed by atoms with Crippen molar-refractivity contribution in [3.8, 4) is 11.8 Å². The molecule has 2 nitrogen and oxygen atoms in total. The van der Waals surface area contributed by atoms with Gasteiger partial charge in [-0.05, 0) is 54.8 Å². The standard InChI is InChI=1S/C23H30O2Si/c1-7-13-21(24)16-11-12-17-22(25-26(5,6)23(2,3)4)19-18-20-14-9-8-10-15-20/h7-10,13-15,17-19H,12H2,1-6H3/b13-7+,19-18+,22-17-. The van der Waals surface area contributed by atoms with Crippen LogP contribution in [0, 0.1) is 11.8 Å². The lowest BCUT2D eigenvalue weighted by atomic mass is 10.2. The molecule has 0 spiro atoms. The van der Waals surface area contributed by atoms with E-state index < -0.39 is 8.32 Å². The molecule has 0 amide bonds. The third-order valence-electron chi connectivity index (χ3n) is 4.35. The van der Waals surface area contributed by atoms with Crippen LogP contribution in [0.15, 0.2) is 60.4 Å². The highest BCUT2D eigenvalue weighted by Gasteiger charge is 2.39. The first-order valence-electron chi connectivity index (χ1n) is 8.93. The molecule has 0 aliphatic carbocycles. The minimum absolute atomic E-state index is 0.111. The molecule has 3 heteroatoms. The summed E-state index contributed by atoms with van der Waals surface area (Å²) in [5.41, 5.74) is 1.12. The minimum atomic E-state index is -1.95. The van der Waals surface area contributed by atoms with E-state index >= 15 is 0 Å². The van der Waals surface area contributed by atoms with E-state index in [9.17, 15) is 4.79 Å². The fourth-order valence-electron chi connectivity index (χ4n) is 1.82. The average Bonchev–Trinajstić information content (AvgIpc) is 2.56. The molecule has 0 N–H and O–H groups in total. The molecule has 0 unspecified atom stereocenters. The van der Waals surface area contributed by atoms with Crippen LogP contribution in [0.25, 0.3) is 6.08 Å². The van der Waals surface area contributed by atoms with Crippen LogP contribution in [0.3, 0.4) is 0 Å². The quantitative estimate of drug-likeness (QED) is 0.151. The number of allylic oxidation sites excluding steroid dienone is 4. The van der Waals surface area contributed by atoms with E-state index in [2.05, 4.69) is 57.8 Å². The smallest absolute Gasteiger partial charge is 0.250 e. The molecule has 0 aliphatic heterocycles. The molecule has 1 aromatic carbocycles. The van der Waals surface area contributed by atoms with Gasteiger partial charge in [0.05, 0.1) is 5.76 Å². The first-order valence-corrected chi connectivity index (χ1v) is 11.8. The van der Waals surface area contributed by atoms with Gasteiger partial charge in [-0.1, -0.05) is 69.2 Å². The fourth-order valence-corrected chi connectivity index (χ4v) is 2.86. The van der Waals surface area contributed by atoms with Gasteiger partial charge in [0.1, 0.15) is 0 Å². The molecule has 0 heterocycles. The maximum absolute atomic E-state index is 11.4. The summed E-state index contributed by atoms with van der Waals surface area (Å²) >= 11 is 0. The van der Waals surface area contributed by atoms with Crippen LogP contribution < -0.4 is 0 Å². The summed E-state index contributed by atoms with van der Waals surface area (Å²) in [6, 6.07) is 10.1. The highest BCUT2D eigenvalue weighted by Crippen LogP contribution is 2.38. The lowest BCUT2D eigenvalue weighted by molar-refractivity contribution is -0.109. The van der Waals surface area contributed by atoms with E-state index in [1.165, 1.54) is 6.08 Å². The molecule has 1 rings (SSSR count). The van der Waals surface area contributed by atoms with Crippen molar-refractivity contribution in [2.24, 2.45) is 0 Å². The maximum atomic E-state index is 11.4. The topological polar surface area (TPSA) is 26.3 Å². The van der Waals surface area contributed by atoms with Gasteiger partial charge in [0, 0.05) is 6.42 Å². The van der Waals surface area contributed by atoms with Crippen LogP contribution in [0.5, 0.6) is 0 Å². The fraction of sp³-hybridized carbons (Fsp3) is 0.348. The summed E-state index contributed by atoms with van der Waals surface area (Å²) in [5.74, 6) is 6.15. The molecule has 0 saturated heterocycles. The van der Waals surface area contributed by atoms with Gasteiger partial charge in [0.25, 0.3) is 0 Å². The molecule has 0 bridgehead atoms. The van der Waals surface area contributed by atoms with Gasteiger partial charge in [-0.25, -0.2) is 0 Å². The second kappa shape index (κ2) is 9.99. The van der Waals surface area contributed by atoms with Crippen molar-refractivity contribution in [3.63, 3.8) is 0 Å². The van der Waals surface area contributed by atoms with Crippen LogP contribution in [0.1, 0.15) is 39.7 Å². The van der Waals surface area contributed by atoms with Crippen molar-refractivity contribution in [2.45, 2.75) is 52.2 Å². The van der Waals surface area contributed by atoms with E-state index in [0.717, 1.165) is 11.3 Å². The molecular weight excluding hydrogens is 336 g/mol. The third kappa shape index (κ3) is 7.71. The lowest BCUT2D eigenvalue weighted by Gasteiger charge is -2.36. The number of rotatable bonds is 6. The van der Waals surface area contributed by atoms with Crippen molar-refractivity contribution in [1.29, 1.82) is 0 Å². The van der Waals surface area contributed by atoms with E-state index in [4.69, 9.17) is 4.43 Å². The Kier molecular flexibility index (Phi) is 8.35. The number of hydrogen-bond acceptors (Lipinski definition) is 2. The Morgan fingerprint density at radius 3 is 2.38 bits per heavy atom. The van der Waals surface area contributed by atoms with Gasteiger partial charge in [-0.15, -0.1) is 0 Å². The van der Waals surface area contributed by atoms with Crippen molar-refractivity contribution in [3.05, 3.63) is 66.0 Å². The summed E-state index contributed by atoms with van der Waals surface area (Å²) in [5, 5.41) is 0.111. The number of ketones is 1. The Hall–Kier alpha value is -2.31. The zero-order valence-corrected chi connectivity index (χ0v) is 17.8. The number of carbonyl (C=O) groups excluding carboxylic acids is 1. The Balaban J connectivity index is 2.99. The zero-order valence-electron chi connectivity index (χ0n) is 16.8. The first-order chi connectivity index (χ1) is 12.2. The molecule has 0 aliphatic rings. The largest absolute Gasteiger partial charge is 0.544 e. The predicted molar refractivity (Wildman–Crippen MR) is 114 cm³/mol. The molecular formula is C23H30O2Si. The maximum Gasteiger partial charge on any atom is 0.250 e. The van der Waals surface area contributed by atoms with Crippen LogP contribution in [0.2, 0.25) is 18.1 Å². The number of benzene rings is 1. The summed E-state index contributed by atoms with van der Waals surface area (Å²) < 4.78 is 6.43. The normalized spacial score (nSPS) is 12.9. The van der Waals surface area contributed by atoms with E-state index in [1.807, 2.05) is 36.4 Å². The van der Waals surface area contributed by atoms with Crippen molar-refractivity contribution in [2.75, 3.05) is 0 Å². The van der Waals surface area contributed by atoms with E-state index in [0.29, 0.717) is 6.42 Å². The summed E-state index contributed by atoms with van der Waals surface area (Å²) in [6.07, 6.45) is 9.63. The molecule has 26 heavy (non-hydrogen) atoms. The first kappa shape index (κ1) is 21.7. The van der Waals surface area contributed by atoms with E-state index in [1.54, 1.807) is 13.0 Å². The highest BCUT2D eigenvalue weighted by molar-refractivity contribution is 6.74. The van der Waals surface area contributed by atoms with Crippen LogP contribution in [-0.2, 0) is 9.22 Å². The van der Waals surface area contributed by atoms with Gasteiger partial charge >= 0.3 is 0 Å². The zero-order chi connectivity index (χ0) is 19.6. The third-order valence-corrected chi connectivity index (χ3v) is 8.71. The minimum Gasteiger partial charge on any atom is -0.544 e. The summed E-state index contributed by atoms with van der Waals surface area (Å²) in [6.45, 7) is 12.9. The van der Waals surface area contributed by atoms with Crippen molar-refractivity contribution < 1.29 is 9.22 Å². The van der Waals surface area contributed by atoms with Gasteiger partial charge < -0.3 is 4.43 Å². The second-order valence-corrected chi connectivity index (χ2v) is 12.3. The Labute approximate surface area is 159 Å².